The molecule has 0 unspecified atom stereocenters. The number of hydrogen-bond acceptors (Lipinski definition) is 1. The maximum atomic E-state index is 12.8. The quantitative estimate of drug-likeness (QED) is 0.739. The van der Waals surface area contributed by atoms with E-state index in [2.05, 4.69) is 0 Å². The molecule has 0 heterocycles. The van der Waals surface area contributed by atoms with Crippen molar-refractivity contribution in [1.82, 2.24) is 0 Å². The molecule has 136 valence electrons. The molecule has 0 saturated carbocycles. The van der Waals surface area contributed by atoms with Crippen molar-refractivity contribution in [2.45, 2.75) is 32.4 Å². The van der Waals surface area contributed by atoms with Crippen molar-refractivity contribution in [3.63, 3.8) is 0 Å². The second-order valence-electron chi connectivity index (χ2n) is 5.02. The molecule has 1 aromatic carbocycles. The van der Waals surface area contributed by atoms with Gasteiger partial charge in [0.2, 0.25) is 0 Å². The molecule has 11 heteroatoms. The van der Waals surface area contributed by atoms with Crippen LogP contribution in [0.1, 0.15) is 11.1 Å². The molecule has 1 N–H and O–H groups in total. The number of alkyl halides is 9. The van der Waals surface area contributed by atoms with Crippen LogP contribution in [0.2, 0.25) is 0 Å². The monoisotopic (exact) mass is 367 g/mol. The van der Waals surface area contributed by atoms with Crippen LogP contribution < -0.4 is 5.32 Å². The van der Waals surface area contributed by atoms with Crippen molar-refractivity contribution in [2.75, 3.05) is 5.32 Å². The Hall–Kier alpha value is -1.94. The lowest BCUT2D eigenvalue weighted by Gasteiger charge is -2.37. The number of benzene rings is 1. The minimum absolute atomic E-state index is 0.00349. The molecule has 1 aromatic rings. The number of halogens is 9. The van der Waals surface area contributed by atoms with Crippen molar-refractivity contribution >= 4 is 11.6 Å². The Bertz CT molecular complexity index is 592. The van der Waals surface area contributed by atoms with Crippen LogP contribution in [0.4, 0.5) is 45.2 Å². The van der Waals surface area contributed by atoms with Gasteiger partial charge in [-0.2, -0.15) is 39.5 Å². The number of anilines is 1. The first-order chi connectivity index (χ1) is 10.6. The van der Waals surface area contributed by atoms with Crippen molar-refractivity contribution in [2.24, 2.45) is 5.41 Å². The van der Waals surface area contributed by atoms with Gasteiger partial charge in [0, 0.05) is 5.69 Å². The molecule has 1 amide bonds. The zero-order valence-corrected chi connectivity index (χ0v) is 12.0. The van der Waals surface area contributed by atoms with Gasteiger partial charge in [0.1, 0.15) is 0 Å². The zero-order chi connectivity index (χ0) is 19.1. The van der Waals surface area contributed by atoms with E-state index in [1.165, 1.54) is 26.0 Å². The van der Waals surface area contributed by atoms with Gasteiger partial charge in [0.05, 0.1) is 0 Å². The summed E-state index contributed by atoms with van der Waals surface area (Å²) in [5, 5.41) is 1.10. The molecule has 0 spiro atoms. The summed E-state index contributed by atoms with van der Waals surface area (Å²) in [6, 6.07) is 3.39. The summed E-state index contributed by atoms with van der Waals surface area (Å²) < 4.78 is 115. The van der Waals surface area contributed by atoms with Crippen molar-refractivity contribution in [1.29, 1.82) is 0 Å². The van der Waals surface area contributed by atoms with Gasteiger partial charge < -0.3 is 5.32 Å². The maximum Gasteiger partial charge on any atom is 0.421 e. The van der Waals surface area contributed by atoms with Crippen LogP contribution >= 0.6 is 0 Å². The summed E-state index contributed by atoms with van der Waals surface area (Å²) in [6.45, 7) is 2.74. The highest BCUT2D eigenvalue weighted by Crippen LogP contribution is 2.59. The van der Waals surface area contributed by atoms with Gasteiger partial charge >= 0.3 is 23.9 Å². The predicted molar refractivity (Wildman–Crippen MR) is 65.1 cm³/mol. The molecule has 0 aromatic heterocycles. The fraction of sp³-hybridized carbons (Fsp3) is 0.462. The number of amides is 1. The first-order valence-electron chi connectivity index (χ1n) is 6.14. The van der Waals surface area contributed by atoms with Gasteiger partial charge in [-0.3, -0.25) is 4.79 Å². The minimum atomic E-state index is -6.94. The topological polar surface area (TPSA) is 29.1 Å². The molecule has 1 rings (SSSR count). The molecule has 0 radical (unpaired) electrons. The second kappa shape index (κ2) is 5.85. The Labute approximate surface area is 129 Å². The van der Waals surface area contributed by atoms with Crippen LogP contribution in [0.15, 0.2) is 18.2 Å². The molecule has 0 atom stereocenters. The zero-order valence-electron chi connectivity index (χ0n) is 12.0. The fourth-order valence-corrected chi connectivity index (χ4v) is 2.04. The van der Waals surface area contributed by atoms with Crippen LogP contribution in [0.3, 0.4) is 0 Å². The van der Waals surface area contributed by atoms with E-state index in [0.717, 1.165) is 11.4 Å². The van der Waals surface area contributed by atoms with Gasteiger partial charge in [-0.15, -0.1) is 0 Å². The molecular weight excluding hydrogens is 357 g/mol. The summed E-state index contributed by atoms with van der Waals surface area (Å²) in [5.41, 5.74) is -6.58. The van der Waals surface area contributed by atoms with E-state index in [-0.39, 0.29) is 5.56 Å². The summed E-state index contributed by atoms with van der Waals surface area (Å²) in [6.07, 6.45) is -20.8. The van der Waals surface area contributed by atoms with Gasteiger partial charge in [-0.05, 0) is 25.5 Å². The van der Waals surface area contributed by atoms with Gasteiger partial charge in [-0.1, -0.05) is 17.7 Å². The standard InChI is InChI=1S/C13H10F9NO/c1-6-3-4-8(7(2)5-6)23-9(24)10(11(14,15)16,12(17,18)19)13(20,21)22/h3-5H,1-2H3,(H,23,24). The Morgan fingerprint density at radius 1 is 0.833 bits per heavy atom. The largest absolute Gasteiger partial charge is 0.421 e. The predicted octanol–water partition coefficient (Wildman–Crippen LogP) is 4.92. The lowest BCUT2D eigenvalue weighted by atomic mass is 9.84. The Balaban J connectivity index is 3.53. The molecule has 0 aliphatic heterocycles. The number of nitrogens with one attached hydrogen (secondary N) is 1. The lowest BCUT2D eigenvalue weighted by Crippen LogP contribution is -2.65. The van der Waals surface area contributed by atoms with Gasteiger partial charge in [-0.25, -0.2) is 0 Å². The van der Waals surface area contributed by atoms with E-state index < -0.39 is 35.5 Å². The van der Waals surface area contributed by atoms with Crippen LogP contribution in [-0.4, -0.2) is 24.4 Å². The van der Waals surface area contributed by atoms with Crippen molar-refractivity contribution < 1.29 is 44.3 Å². The van der Waals surface area contributed by atoms with E-state index in [1.54, 1.807) is 0 Å². The molecule has 0 saturated heterocycles. The number of rotatable bonds is 2. The highest BCUT2D eigenvalue weighted by Gasteiger charge is 2.88. The lowest BCUT2D eigenvalue weighted by molar-refractivity contribution is -0.405. The van der Waals surface area contributed by atoms with Crippen LogP contribution in [-0.2, 0) is 4.79 Å². The van der Waals surface area contributed by atoms with Crippen molar-refractivity contribution in [3.8, 4) is 0 Å². The minimum Gasteiger partial charge on any atom is -0.324 e. The SMILES string of the molecule is Cc1ccc(NC(=O)C(C(F)(F)F)(C(F)(F)F)C(F)(F)F)c(C)c1. The number of hydrogen-bond donors (Lipinski definition) is 1. The average Bonchev–Trinajstić information content (AvgIpc) is 2.27. The Kier molecular flexibility index (Phi) is 4.90. The number of carbonyl (C=O) groups excluding carboxylic acids is 1. The van der Waals surface area contributed by atoms with E-state index in [1.807, 2.05) is 0 Å². The average molecular weight is 367 g/mol. The Morgan fingerprint density at radius 2 is 1.25 bits per heavy atom. The molecular formula is C13H10F9NO. The number of aryl methyl sites for hydroxylation is 2. The maximum absolute atomic E-state index is 12.8. The van der Waals surface area contributed by atoms with Crippen LogP contribution in [0.25, 0.3) is 0 Å². The highest BCUT2D eigenvalue weighted by atomic mass is 19.4. The smallest absolute Gasteiger partial charge is 0.324 e. The summed E-state index contributed by atoms with van der Waals surface area (Å²) in [7, 11) is 0. The molecule has 0 aliphatic carbocycles. The van der Waals surface area contributed by atoms with E-state index in [9.17, 15) is 44.3 Å². The van der Waals surface area contributed by atoms with E-state index >= 15 is 0 Å². The molecule has 2 nitrogen and oxygen atoms in total. The third-order valence-corrected chi connectivity index (χ3v) is 3.25. The van der Waals surface area contributed by atoms with Crippen LogP contribution in [0, 0.1) is 19.3 Å². The molecule has 0 fully saturated rings. The molecule has 24 heavy (non-hydrogen) atoms. The second-order valence-corrected chi connectivity index (χ2v) is 5.02. The number of carbonyl (C=O) groups is 1. The first kappa shape index (κ1) is 20.1. The molecule has 0 bridgehead atoms. The molecule has 0 aliphatic rings. The van der Waals surface area contributed by atoms with E-state index in [4.69, 9.17) is 0 Å². The third kappa shape index (κ3) is 3.16. The summed E-state index contributed by atoms with van der Waals surface area (Å²) in [5.74, 6) is -3.26. The first-order valence-corrected chi connectivity index (χ1v) is 6.14. The van der Waals surface area contributed by atoms with Gasteiger partial charge in [0.25, 0.3) is 5.91 Å². The normalized spacial score (nSPS) is 13.8. The summed E-state index contributed by atoms with van der Waals surface area (Å²) in [4.78, 5) is 11.5. The fourth-order valence-electron chi connectivity index (χ4n) is 2.04. The third-order valence-electron chi connectivity index (χ3n) is 3.25. The van der Waals surface area contributed by atoms with Crippen molar-refractivity contribution in [3.05, 3.63) is 29.3 Å². The van der Waals surface area contributed by atoms with Crippen LogP contribution in [0.5, 0.6) is 0 Å². The Morgan fingerprint density at radius 3 is 1.58 bits per heavy atom. The van der Waals surface area contributed by atoms with Gasteiger partial charge in [0.15, 0.2) is 0 Å². The summed E-state index contributed by atoms with van der Waals surface area (Å²) >= 11 is 0. The van der Waals surface area contributed by atoms with E-state index in [0.29, 0.717) is 5.56 Å². The highest BCUT2D eigenvalue weighted by molar-refractivity contribution is 5.97.